The molecule has 2 aliphatic rings. The average molecular weight is 476 g/mol. The van der Waals surface area contributed by atoms with E-state index >= 15 is 0 Å². The highest BCUT2D eigenvalue weighted by atomic mass is 16.7. The Bertz CT molecular complexity index is 1070. The molecule has 2 aromatic rings. The largest absolute Gasteiger partial charge is 0.504 e. The fraction of sp³-hybridized carbons (Fsp3) is 0.391. The van der Waals surface area contributed by atoms with E-state index in [0.29, 0.717) is 0 Å². The number of ketones is 1. The van der Waals surface area contributed by atoms with E-state index in [0.717, 1.165) is 12.7 Å². The molecule has 0 bridgehead atoms. The van der Waals surface area contributed by atoms with Gasteiger partial charge in [0.25, 0.3) is 0 Å². The zero-order chi connectivity index (χ0) is 24.6. The third-order valence-electron chi connectivity index (χ3n) is 5.72. The molecular formula is C23H24O11. The number of aromatic hydroxyl groups is 1. The molecule has 2 aromatic carbocycles. The van der Waals surface area contributed by atoms with Gasteiger partial charge >= 0.3 is 5.97 Å². The van der Waals surface area contributed by atoms with Crippen LogP contribution < -0.4 is 14.2 Å². The van der Waals surface area contributed by atoms with E-state index in [1.54, 1.807) is 24.3 Å². The van der Waals surface area contributed by atoms with Crippen LogP contribution in [0.25, 0.3) is 0 Å². The Morgan fingerprint density at radius 2 is 1.76 bits per heavy atom. The number of esters is 1. The number of aliphatic hydroxyl groups is 3. The number of methoxy groups -OCH3 is 2. The van der Waals surface area contributed by atoms with Gasteiger partial charge in [-0.1, -0.05) is 30.3 Å². The normalized spacial score (nSPS) is 28.4. The molecule has 182 valence electrons. The number of carbonyl (C=O) groups excluding carboxylic acids is 2. The fourth-order valence-electron chi connectivity index (χ4n) is 3.95. The first-order chi connectivity index (χ1) is 16.3. The molecule has 1 saturated heterocycles. The Labute approximate surface area is 194 Å². The van der Waals surface area contributed by atoms with Crippen LogP contribution >= 0.6 is 0 Å². The van der Waals surface area contributed by atoms with Gasteiger partial charge in [0, 0.05) is 6.07 Å². The smallest absolute Gasteiger partial charge is 0.337 e. The van der Waals surface area contributed by atoms with Gasteiger partial charge in [0.2, 0.25) is 12.0 Å². The predicted octanol–water partition coefficient (Wildman–Crippen LogP) is 0.467. The predicted molar refractivity (Wildman–Crippen MR) is 113 cm³/mol. The summed E-state index contributed by atoms with van der Waals surface area (Å²) in [6, 6.07) is 10.3. The maximum Gasteiger partial charge on any atom is 0.337 e. The van der Waals surface area contributed by atoms with Crippen molar-refractivity contribution in [1.82, 2.24) is 0 Å². The number of fused-ring (bicyclic) bond motifs is 1. The molecule has 2 heterocycles. The first-order valence-electron chi connectivity index (χ1n) is 10.4. The van der Waals surface area contributed by atoms with Gasteiger partial charge in [0.1, 0.15) is 35.7 Å². The molecule has 0 radical (unpaired) electrons. The third-order valence-corrected chi connectivity index (χ3v) is 5.72. The van der Waals surface area contributed by atoms with Crippen molar-refractivity contribution in [3.05, 3.63) is 47.5 Å². The van der Waals surface area contributed by atoms with Crippen molar-refractivity contribution in [2.24, 2.45) is 0 Å². The topological polar surface area (TPSA) is 161 Å². The summed E-state index contributed by atoms with van der Waals surface area (Å²) in [7, 11) is 2.29. The molecule has 34 heavy (non-hydrogen) atoms. The fourth-order valence-corrected chi connectivity index (χ4v) is 3.95. The van der Waals surface area contributed by atoms with Crippen LogP contribution in [-0.2, 0) is 14.3 Å². The van der Waals surface area contributed by atoms with Crippen molar-refractivity contribution in [3.63, 3.8) is 0 Å². The summed E-state index contributed by atoms with van der Waals surface area (Å²) in [4.78, 5) is 24.8. The second-order valence-electron chi connectivity index (χ2n) is 7.81. The zero-order valence-corrected chi connectivity index (χ0v) is 18.3. The maximum absolute atomic E-state index is 12.8. The van der Waals surface area contributed by atoms with Crippen molar-refractivity contribution in [3.8, 4) is 23.0 Å². The average Bonchev–Trinajstić information content (AvgIpc) is 2.84. The Hall–Kier alpha value is -3.38. The van der Waals surface area contributed by atoms with Gasteiger partial charge in [-0.15, -0.1) is 0 Å². The molecule has 11 heteroatoms. The summed E-state index contributed by atoms with van der Waals surface area (Å²) in [5.74, 6) is -2.35. The second kappa shape index (κ2) is 9.47. The lowest BCUT2D eigenvalue weighted by Crippen LogP contribution is -2.61. The summed E-state index contributed by atoms with van der Waals surface area (Å²) in [6.45, 7) is 0. The highest BCUT2D eigenvalue weighted by Crippen LogP contribution is 2.49. The van der Waals surface area contributed by atoms with Crippen LogP contribution in [0.15, 0.2) is 36.4 Å². The summed E-state index contributed by atoms with van der Waals surface area (Å²) in [6.07, 6.45) is -9.29. The standard InChI is InChI=1S/C23H24O11/c1-30-20-14(33-23-19(28)17(26)18(27)21(34-23)22(29)31-2)9-13-15(16(20)25)11(24)8-12(32-13)10-6-4-3-5-7-10/h3-7,9,12,17-19,21,23,25-28H,8H2,1-2H3/t12-,17-,18-,19+,21-,23+/m0/s1. The van der Waals surface area contributed by atoms with E-state index in [2.05, 4.69) is 4.74 Å². The monoisotopic (exact) mass is 476 g/mol. The third kappa shape index (κ3) is 4.14. The lowest BCUT2D eigenvalue weighted by atomic mass is 9.95. The molecule has 0 unspecified atom stereocenters. The second-order valence-corrected chi connectivity index (χ2v) is 7.81. The molecule has 0 saturated carbocycles. The molecular weight excluding hydrogens is 452 g/mol. The minimum Gasteiger partial charge on any atom is -0.504 e. The van der Waals surface area contributed by atoms with E-state index in [1.807, 2.05) is 6.07 Å². The molecule has 11 nitrogen and oxygen atoms in total. The molecule has 0 amide bonds. The number of benzene rings is 2. The molecule has 0 aromatic heterocycles. The van der Waals surface area contributed by atoms with Gasteiger partial charge in [0.05, 0.1) is 20.6 Å². The van der Waals surface area contributed by atoms with Crippen molar-refractivity contribution < 1.29 is 53.7 Å². The van der Waals surface area contributed by atoms with Gasteiger partial charge < -0.3 is 44.1 Å². The van der Waals surface area contributed by atoms with Gasteiger partial charge in [-0.3, -0.25) is 4.79 Å². The number of phenolic OH excluding ortho intramolecular Hbond substituents is 1. The van der Waals surface area contributed by atoms with Crippen LogP contribution in [0.4, 0.5) is 0 Å². The Balaban J connectivity index is 1.68. The molecule has 6 atom stereocenters. The lowest BCUT2D eigenvalue weighted by molar-refractivity contribution is -0.272. The van der Waals surface area contributed by atoms with Crippen LogP contribution in [0.3, 0.4) is 0 Å². The van der Waals surface area contributed by atoms with Crippen LogP contribution in [0, 0.1) is 0 Å². The van der Waals surface area contributed by atoms with Crippen LogP contribution in [0.5, 0.6) is 23.0 Å². The summed E-state index contributed by atoms with van der Waals surface area (Å²) < 4.78 is 26.7. The summed E-state index contributed by atoms with van der Waals surface area (Å²) in [5.41, 5.74) is 0.660. The van der Waals surface area contributed by atoms with E-state index in [4.69, 9.17) is 18.9 Å². The van der Waals surface area contributed by atoms with E-state index in [9.17, 15) is 30.0 Å². The van der Waals surface area contributed by atoms with Crippen molar-refractivity contribution in [1.29, 1.82) is 0 Å². The number of aliphatic hydroxyl groups excluding tert-OH is 3. The van der Waals surface area contributed by atoms with Gasteiger partial charge in [-0.2, -0.15) is 0 Å². The highest BCUT2D eigenvalue weighted by Gasteiger charge is 2.49. The number of hydrogen-bond donors (Lipinski definition) is 4. The van der Waals surface area contributed by atoms with E-state index in [1.165, 1.54) is 13.2 Å². The quantitative estimate of drug-likeness (QED) is 0.444. The number of Topliss-reactive ketones (excluding diaryl/α,β-unsaturated/α-hetero) is 1. The van der Waals surface area contributed by atoms with Gasteiger partial charge in [0.15, 0.2) is 23.4 Å². The number of hydrogen-bond acceptors (Lipinski definition) is 11. The van der Waals surface area contributed by atoms with Crippen molar-refractivity contribution in [2.75, 3.05) is 14.2 Å². The SMILES string of the molecule is COC(=O)[C@H]1O[C@@H](Oc2cc3c(c(O)c2OC)C(=O)C[C@@H](c2ccccc2)O3)[C@H](O)[C@@H](O)[C@@H]1O. The lowest BCUT2D eigenvalue weighted by Gasteiger charge is -2.39. The van der Waals surface area contributed by atoms with Crippen LogP contribution in [-0.4, -0.2) is 77.1 Å². The molecule has 0 spiro atoms. The summed E-state index contributed by atoms with van der Waals surface area (Å²) >= 11 is 0. The maximum atomic E-state index is 12.8. The van der Waals surface area contributed by atoms with E-state index in [-0.39, 0.29) is 35.0 Å². The highest BCUT2D eigenvalue weighted by molar-refractivity contribution is 6.03. The first-order valence-corrected chi connectivity index (χ1v) is 10.4. The number of rotatable bonds is 5. The summed E-state index contributed by atoms with van der Waals surface area (Å²) in [5, 5.41) is 41.3. The molecule has 0 aliphatic carbocycles. The number of phenols is 1. The molecule has 4 N–H and O–H groups in total. The van der Waals surface area contributed by atoms with Crippen molar-refractivity contribution in [2.45, 2.75) is 43.2 Å². The minimum atomic E-state index is -1.81. The Morgan fingerprint density at radius 1 is 1.06 bits per heavy atom. The first kappa shape index (κ1) is 23.8. The number of carbonyl (C=O) groups is 2. The molecule has 4 rings (SSSR count). The molecule has 2 aliphatic heterocycles. The Morgan fingerprint density at radius 3 is 2.41 bits per heavy atom. The van der Waals surface area contributed by atoms with Gasteiger partial charge in [-0.05, 0) is 5.56 Å². The minimum absolute atomic E-state index is 0.00815. The number of ether oxygens (including phenoxy) is 5. The van der Waals surface area contributed by atoms with Gasteiger partial charge in [-0.25, -0.2) is 4.79 Å². The zero-order valence-electron chi connectivity index (χ0n) is 18.3. The van der Waals surface area contributed by atoms with Crippen molar-refractivity contribution >= 4 is 11.8 Å². The Kier molecular flexibility index (Phi) is 6.62. The van der Waals surface area contributed by atoms with E-state index < -0.39 is 48.5 Å². The molecule has 1 fully saturated rings. The van der Waals surface area contributed by atoms with Crippen LogP contribution in [0.2, 0.25) is 0 Å². The van der Waals surface area contributed by atoms with Crippen LogP contribution in [0.1, 0.15) is 28.4 Å².